The van der Waals surface area contributed by atoms with Crippen molar-refractivity contribution >= 4 is 32.8 Å². The predicted octanol–water partition coefficient (Wildman–Crippen LogP) is -0.226. The van der Waals surface area contributed by atoms with Gasteiger partial charge in [0, 0.05) is 13.1 Å². The number of carboxylic acids is 1. The lowest BCUT2D eigenvalue weighted by molar-refractivity contribution is -0.137. The molecule has 2 aromatic heterocycles. The van der Waals surface area contributed by atoms with Gasteiger partial charge < -0.3 is 14.7 Å². The van der Waals surface area contributed by atoms with Gasteiger partial charge in [-0.25, -0.2) is 4.98 Å². The SMILES string of the molecule is O=C(O)Cn1cnc2nc(N3CCOCC3)sc2c1=O. The second kappa shape index (κ2) is 5.17. The molecule has 106 valence electrons. The topological polar surface area (TPSA) is 97.5 Å². The molecule has 0 radical (unpaired) electrons. The molecule has 0 aliphatic carbocycles. The Balaban J connectivity index is 2.00. The minimum atomic E-state index is -1.08. The molecule has 0 amide bonds. The lowest BCUT2D eigenvalue weighted by Crippen LogP contribution is -2.36. The van der Waals surface area contributed by atoms with Crippen LogP contribution in [0, 0.1) is 0 Å². The summed E-state index contributed by atoms with van der Waals surface area (Å²) in [7, 11) is 0. The highest BCUT2D eigenvalue weighted by molar-refractivity contribution is 7.22. The summed E-state index contributed by atoms with van der Waals surface area (Å²) in [6.07, 6.45) is 1.22. The Hall–Kier alpha value is -2.00. The van der Waals surface area contributed by atoms with Crippen LogP contribution >= 0.6 is 11.3 Å². The molecule has 1 saturated heterocycles. The number of fused-ring (bicyclic) bond motifs is 1. The van der Waals surface area contributed by atoms with Gasteiger partial charge in [-0.3, -0.25) is 14.2 Å². The maximum absolute atomic E-state index is 12.1. The largest absolute Gasteiger partial charge is 0.480 e. The van der Waals surface area contributed by atoms with Crippen molar-refractivity contribution in [2.24, 2.45) is 0 Å². The highest BCUT2D eigenvalue weighted by Crippen LogP contribution is 2.25. The van der Waals surface area contributed by atoms with Gasteiger partial charge in [-0.15, -0.1) is 0 Å². The average molecular weight is 296 g/mol. The fourth-order valence-electron chi connectivity index (χ4n) is 1.98. The van der Waals surface area contributed by atoms with Crippen molar-refractivity contribution in [2.75, 3.05) is 31.2 Å². The van der Waals surface area contributed by atoms with Crippen molar-refractivity contribution in [3.05, 3.63) is 16.7 Å². The lowest BCUT2D eigenvalue weighted by Gasteiger charge is -2.25. The molecule has 0 aromatic carbocycles. The summed E-state index contributed by atoms with van der Waals surface area (Å²) >= 11 is 1.24. The molecular formula is C11H12N4O4S. The van der Waals surface area contributed by atoms with Crippen LogP contribution in [0.3, 0.4) is 0 Å². The molecule has 2 aromatic rings. The fraction of sp³-hybridized carbons (Fsp3) is 0.455. The minimum Gasteiger partial charge on any atom is -0.480 e. The van der Waals surface area contributed by atoms with Crippen molar-refractivity contribution in [1.82, 2.24) is 14.5 Å². The van der Waals surface area contributed by atoms with Crippen LogP contribution in [-0.4, -0.2) is 51.9 Å². The minimum absolute atomic E-state index is 0.364. The first-order valence-electron chi connectivity index (χ1n) is 6.05. The van der Waals surface area contributed by atoms with E-state index in [1.807, 2.05) is 4.90 Å². The van der Waals surface area contributed by atoms with Gasteiger partial charge in [-0.05, 0) is 0 Å². The van der Waals surface area contributed by atoms with Crippen molar-refractivity contribution in [2.45, 2.75) is 6.54 Å². The van der Waals surface area contributed by atoms with Crippen LogP contribution in [0.25, 0.3) is 10.3 Å². The zero-order valence-electron chi connectivity index (χ0n) is 10.5. The van der Waals surface area contributed by atoms with Crippen molar-refractivity contribution < 1.29 is 14.6 Å². The molecular weight excluding hydrogens is 284 g/mol. The number of aromatic nitrogens is 3. The standard InChI is InChI=1S/C11H12N4O4S/c16-7(17)5-15-6-12-9-8(10(15)18)20-11(13-9)14-1-3-19-4-2-14/h6H,1-5H2,(H,16,17). The van der Waals surface area contributed by atoms with Crippen LogP contribution in [0.4, 0.5) is 5.13 Å². The summed E-state index contributed by atoms with van der Waals surface area (Å²) < 4.78 is 6.73. The highest BCUT2D eigenvalue weighted by Gasteiger charge is 2.18. The molecule has 0 atom stereocenters. The molecule has 0 saturated carbocycles. The van der Waals surface area contributed by atoms with Gasteiger partial charge in [0.1, 0.15) is 17.6 Å². The molecule has 0 spiro atoms. The number of carbonyl (C=O) groups is 1. The molecule has 0 unspecified atom stereocenters. The van der Waals surface area contributed by atoms with Gasteiger partial charge in [-0.1, -0.05) is 11.3 Å². The molecule has 20 heavy (non-hydrogen) atoms. The number of nitrogens with zero attached hydrogens (tertiary/aromatic N) is 4. The summed E-state index contributed by atoms with van der Waals surface area (Å²) in [4.78, 5) is 33.3. The third kappa shape index (κ3) is 2.37. The van der Waals surface area contributed by atoms with Crippen LogP contribution in [0.5, 0.6) is 0 Å². The second-order valence-corrected chi connectivity index (χ2v) is 5.30. The Morgan fingerprint density at radius 3 is 2.90 bits per heavy atom. The predicted molar refractivity (Wildman–Crippen MR) is 72.3 cm³/mol. The first kappa shape index (κ1) is 13.0. The normalized spacial score (nSPS) is 15.7. The zero-order valence-corrected chi connectivity index (χ0v) is 11.3. The number of aliphatic carboxylic acids is 1. The van der Waals surface area contributed by atoms with E-state index in [9.17, 15) is 9.59 Å². The highest BCUT2D eigenvalue weighted by atomic mass is 32.1. The van der Waals surface area contributed by atoms with E-state index in [2.05, 4.69) is 9.97 Å². The van der Waals surface area contributed by atoms with Crippen molar-refractivity contribution in [3.8, 4) is 0 Å². The summed E-state index contributed by atoms with van der Waals surface area (Å²) in [5, 5.41) is 9.47. The summed E-state index contributed by atoms with van der Waals surface area (Å²) in [5.74, 6) is -1.08. The van der Waals surface area contributed by atoms with Crippen LogP contribution in [-0.2, 0) is 16.1 Å². The number of hydrogen-bond donors (Lipinski definition) is 1. The number of thiazole rings is 1. The number of carboxylic acid groups (broad SMARTS) is 1. The molecule has 9 heteroatoms. The summed E-state index contributed by atoms with van der Waals surface area (Å²) in [6, 6.07) is 0. The molecule has 1 aliphatic rings. The van der Waals surface area contributed by atoms with E-state index in [0.717, 1.165) is 22.8 Å². The second-order valence-electron chi connectivity index (χ2n) is 4.32. The molecule has 3 rings (SSSR count). The van der Waals surface area contributed by atoms with E-state index in [1.165, 1.54) is 17.7 Å². The number of ether oxygens (including phenoxy) is 1. The molecule has 8 nitrogen and oxygen atoms in total. The van der Waals surface area contributed by atoms with Crippen molar-refractivity contribution in [3.63, 3.8) is 0 Å². The van der Waals surface area contributed by atoms with E-state index >= 15 is 0 Å². The quantitative estimate of drug-likeness (QED) is 0.835. The van der Waals surface area contributed by atoms with E-state index < -0.39 is 12.5 Å². The Morgan fingerprint density at radius 2 is 2.20 bits per heavy atom. The van der Waals surface area contributed by atoms with Gasteiger partial charge >= 0.3 is 5.97 Å². The van der Waals surface area contributed by atoms with E-state index in [1.54, 1.807) is 0 Å². The fourth-order valence-corrected chi connectivity index (χ4v) is 3.00. The van der Waals surface area contributed by atoms with Gasteiger partial charge in [0.2, 0.25) is 0 Å². The van der Waals surface area contributed by atoms with E-state index in [0.29, 0.717) is 23.6 Å². The number of rotatable bonds is 3. The van der Waals surface area contributed by atoms with Crippen LogP contribution < -0.4 is 10.5 Å². The number of hydrogen-bond acceptors (Lipinski definition) is 7. The molecule has 1 aliphatic heterocycles. The number of morpholine rings is 1. The Labute approximate surface area is 117 Å². The summed E-state index contributed by atoms with van der Waals surface area (Å²) in [6.45, 7) is 2.32. The first-order chi connectivity index (χ1) is 9.65. The van der Waals surface area contributed by atoms with Gasteiger partial charge in [0.25, 0.3) is 5.56 Å². The van der Waals surface area contributed by atoms with Crippen LogP contribution in [0.1, 0.15) is 0 Å². The maximum Gasteiger partial charge on any atom is 0.323 e. The van der Waals surface area contributed by atoms with Crippen LogP contribution in [0.2, 0.25) is 0 Å². The van der Waals surface area contributed by atoms with E-state index in [4.69, 9.17) is 9.84 Å². The Kier molecular flexibility index (Phi) is 3.36. The third-order valence-corrected chi connectivity index (χ3v) is 4.05. The lowest BCUT2D eigenvalue weighted by atomic mass is 10.5. The Bertz CT molecular complexity index is 704. The van der Waals surface area contributed by atoms with Crippen molar-refractivity contribution in [1.29, 1.82) is 0 Å². The molecule has 1 N–H and O–H groups in total. The Morgan fingerprint density at radius 1 is 1.45 bits per heavy atom. The maximum atomic E-state index is 12.1. The smallest absolute Gasteiger partial charge is 0.323 e. The molecule has 3 heterocycles. The molecule has 0 bridgehead atoms. The first-order valence-corrected chi connectivity index (χ1v) is 6.87. The van der Waals surface area contributed by atoms with Gasteiger partial charge in [-0.2, -0.15) is 4.98 Å². The van der Waals surface area contributed by atoms with Crippen LogP contribution in [0.15, 0.2) is 11.1 Å². The average Bonchev–Trinajstić information content (AvgIpc) is 2.87. The summed E-state index contributed by atoms with van der Waals surface area (Å²) in [5.41, 5.74) is -0.00228. The van der Waals surface area contributed by atoms with Gasteiger partial charge in [0.05, 0.1) is 13.2 Å². The zero-order chi connectivity index (χ0) is 14.1. The van der Waals surface area contributed by atoms with Gasteiger partial charge in [0.15, 0.2) is 10.8 Å². The monoisotopic (exact) mass is 296 g/mol. The van der Waals surface area contributed by atoms with E-state index in [-0.39, 0.29) is 5.56 Å². The molecule has 1 fully saturated rings. The number of anilines is 1. The third-order valence-electron chi connectivity index (χ3n) is 2.96.